The highest BCUT2D eigenvalue weighted by atomic mass is 14.2. The Morgan fingerprint density at radius 3 is 2.12 bits per heavy atom. The van der Waals surface area contributed by atoms with Crippen LogP contribution in [-0.2, 0) is 6.42 Å². The van der Waals surface area contributed by atoms with Gasteiger partial charge in [-0.15, -0.1) is 0 Å². The van der Waals surface area contributed by atoms with Crippen molar-refractivity contribution in [3.05, 3.63) is 107 Å². The third-order valence-electron chi connectivity index (χ3n) is 4.93. The summed E-state index contributed by atoms with van der Waals surface area (Å²) < 4.78 is 0. The lowest BCUT2D eigenvalue weighted by molar-refractivity contribution is 1.18. The summed E-state index contributed by atoms with van der Waals surface area (Å²) in [5.74, 6) is 0. The monoisotopic (exact) mass is 322 g/mol. The molecule has 0 nitrogen and oxygen atoms in total. The molecule has 0 bridgehead atoms. The summed E-state index contributed by atoms with van der Waals surface area (Å²) in [5, 5.41) is 2.70. The molecule has 0 heteroatoms. The van der Waals surface area contributed by atoms with E-state index in [9.17, 15) is 0 Å². The molecular formula is C25H22. The number of hydrogen-bond acceptors (Lipinski definition) is 0. The van der Waals surface area contributed by atoms with Crippen LogP contribution in [-0.4, -0.2) is 0 Å². The molecule has 0 radical (unpaired) electrons. The average Bonchev–Trinajstić information content (AvgIpc) is 2.64. The van der Waals surface area contributed by atoms with Gasteiger partial charge in [0.2, 0.25) is 0 Å². The lowest BCUT2D eigenvalue weighted by Crippen LogP contribution is -1.96. The fourth-order valence-electron chi connectivity index (χ4n) is 3.66. The lowest BCUT2D eigenvalue weighted by Gasteiger charge is -2.15. The molecule has 0 aromatic heterocycles. The minimum atomic E-state index is 0.973. The van der Waals surface area contributed by atoms with Gasteiger partial charge in [-0.05, 0) is 58.9 Å². The van der Waals surface area contributed by atoms with Crippen LogP contribution >= 0.6 is 0 Å². The first-order valence-electron chi connectivity index (χ1n) is 8.84. The van der Waals surface area contributed by atoms with Crippen molar-refractivity contribution in [3.63, 3.8) is 0 Å². The van der Waals surface area contributed by atoms with Gasteiger partial charge in [0.1, 0.15) is 0 Å². The predicted octanol–water partition coefficient (Wildman–Crippen LogP) is 6.71. The highest BCUT2D eigenvalue weighted by Gasteiger charge is 2.11. The second kappa shape index (κ2) is 6.57. The number of aryl methyl sites for hydroxylation is 2. The average molecular weight is 322 g/mol. The summed E-state index contributed by atoms with van der Waals surface area (Å²) >= 11 is 0. The number of fused-ring (bicyclic) bond motifs is 1. The van der Waals surface area contributed by atoms with E-state index in [2.05, 4.69) is 98.8 Å². The third kappa shape index (κ3) is 3.08. The van der Waals surface area contributed by atoms with Crippen LogP contribution in [0.25, 0.3) is 21.9 Å². The van der Waals surface area contributed by atoms with Crippen LogP contribution in [0.2, 0.25) is 0 Å². The molecule has 0 amide bonds. The van der Waals surface area contributed by atoms with Gasteiger partial charge in [-0.3, -0.25) is 0 Å². The van der Waals surface area contributed by atoms with E-state index in [0.717, 1.165) is 6.42 Å². The van der Waals surface area contributed by atoms with Crippen LogP contribution < -0.4 is 0 Å². The molecule has 0 saturated heterocycles. The summed E-state index contributed by atoms with van der Waals surface area (Å²) in [6.45, 7) is 4.40. The minimum absolute atomic E-state index is 0.973. The van der Waals surface area contributed by atoms with Crippen molar-refractivity contribution in [1.29, 1.82) is 0 Å². The zero-order valence-electron chi connectivity index (χ0n) is 14.8. The van der Waals surface area contributed by atoms with E-state index in [4.69, 9.17) is 0 Å². The summed E-state index contributed by atoms with van der Waals surface area (Å²) in [4.78, 5) is 0. The molecule has 0 aliphatic heterocycles. The zero-order chi connectivity index (χ0) is 17.2. The van der Waals surface area contributed by atoms with Crippen molar-refractivity contribution in [1.82, 2.24) is 0 Å². The van der Waals surface area contributed by atoms with Crippen molar-refractivity contribution in [3.8, 4) is 11.1 Å². The van der Waals surface area contributed by atoms with Gasteiger partial charge in [-0.25, -0.2) is 0 Å². The Bertz CT molecular complexity index is 1030. The second-order valence-electron chi connectivity index (χ2n) is 6.80. The topological polar surface area (TPSA) is 0 Å². The van der Waals surface area contributed by atoms with E-state index >= 15 is 0 Å². The molecule has 0 N–H and O–H groups in total. The normalized spacial score (nSPS) is 11.0. The number of benzene rings is 4. The van der Waals surface area contributed by atoms with Crippen molar-refractivity contribution >= 4 is 10.8 Å². The zero-order valence-corrected chi connectivity index (χ0v) is 14.8. The fourth-order valence-corrected chi connectivity index (χ4v) is 3.66. The molecule has 0 aliphatic carbocycles. The molecule has 4 rings (SSSR count). The highest BCUT2D eigenvalue weighted by Crippen LogP contribution is 2.34. The Kier molecular flexibility index (Phi) is 4.11. The molecule has 0 fully saturated rings. The molecule has 4 aromatic carbocycles. The van der Waals surface area contributed by atoms with Crippen LogP contribution in [0, 0.1) is 13.8 Å². The standard InChI is InChI=1S/C25H22/c1-18-9-8-12-21(15-18)25-16-19(2)24(17-20-10-4-3-5-11-20)22-13-6-7-14-23(22)25/h3-16H,17H2,1-2H3. The molecule has 0 atom stereocenters. The minimum Gasteiger partial charge on any atom is -0.0622 e. The molecule has 0 heterocycles. The Morgan fingerprint density at radius 2 is 1.36 bits per heavy atom. The molecule has 25 heavy (non-hydrogen) atoms. The van der Waals surface area contributed by atoms with Gasteiger partial charge in [0, 0.05) is 0 Å². The number of hydrogen-bond donors (Lipinski definition) is 0. The van der Waals surface area contributed by atoms with Gasteiger partial charge in [-0.1, -0.05) is 90.5 Å². The van der Waals surface area contributed by atoms with Gasteiger partial charge in [0.05, 0.1) is 0 Å². The molecule has 0 aliphatic rings. The van der Waals surface area contributed by atoms with Crippen LogP contribution in [0.15, 0.2) is 84.9 Å². The van der Waals surface area contributed by atoms with Crippen molar-refractivity contribution < 1.29 is 0 Å². The third-order valence-corrected chi connectivity index (χ3v) is 4.93. The van der Waals surface area contributed by atoms with Crippen molar-refractivity contribution in [2.45, 2.75) is 20.3 Å². The highest BCUT2D eigenvalue weighted by molar-refractivity contribution is 5.99. The first kappa shape index (κ1) is 15.7. The summed E-state index contributed by atoms with van der Waals surface area (Å²) in [7, 11) is 0. The molecule has 122 valence electrons. The maximum Gasteiger partial charge on any atom is -0.00170 e. The van der Waals surface area contributed by atoms with Crippen LogP contribution in [0.3, 0.4) is 0 Å². The van der Waals surface area contributed by atoms with Crippen LogP contribution in [0.5, 0.6) is 0 Å². The summed E-state index contributed by atoms with van der Waals surface area (Å²) in [5.41, 5.74) is 8.07. The first-order chi connectivity index (χ1) is 12.2. The van der Waals surface area contributed by atoms with E-state index in [1.807, 2.05) is 0 Å². The predicted molar refractivity (Wildman–Crippen MR) is 108 cm³/mol. The molecule has 0 spiro atoms. The van der Waals surface area contributed by atoms with Gasteiger partial charge < -0.3 is 0 Å². The van der Waals surface area contributed by atoms with Crippen LogP contribution in [0.4, 0.5) is 0 Å². The SMILES string of the molecule is Cc1cccc(-c2cc(C)c(Cc3ccccc3)c3ccccc23)c1. The molecule has 0 unspecified atom stereocenters. The Hall–Kier alpha value is -2.86. The summed E-state index contributed by atoms with van der Waals surface area (Å²) in [6.07, 6.45) is 0.973. The van der Waals surface area contributed by atoms with Gasteiger partial charge in [-0.2, -0.15) is 0 Å². The van der Waals surface area contributed by atoms with E-state index in [0.29, 0.717) is 0 Å². The molecule has 0 saturated carbocycles. The van der Waals surface area contributed by atoms with Gasteiger partial charge in [0.15, 0.2) is 0 Å². The maximum atomic E-state index is 2.36. The summed E-state index contributed by atoms with van der Waals surface area (Å²) in [6, 6.07) is 30.7. The van der Waals surface area contributed by atoms with E-state index in [-0.39, 0.29) is 0 Å². The van der Waals surface area contributed by atoms with Crippen molar-refractivity contribution in [2.24, 2.45) is 0 Å². The van der Waals surface area contributed by atoms with E-state index in [1.165, 1.54) is 44.2 Å². The van der Waals surface area contributed by atoms with Crippen molar-refractivity contribution in [2.75, 3.05) is 0 Å². The molecule has 4 aromatic rings. The number of rotatable bonds is 3. The quantitative estimate of drug-likeness (QED) is 0.393. The second-order valence-corrected chi connectivity index (χ2v) is 6.80. The smallest absolute Gasteiger partial charge is 0.00170 e. The molecular weight excluding hydrogens is 300 g/mol. The van der Waals surface area contributed by atoms with E-state index in [1.54, 1.807) is 0 Å². The van der Waals surface area contributed by atoms with Crippen LogP contribution in [0.1, 0.15) is 22.3 Å². The Labute approximate surface area is 149 Å². The Balaban J connectivity index is 1.92. The van der Waals surface area contributed by atoms with E-state index < -0.39 is 0 Å². The maximum absolute atomic E-state index is 2.36. The largest absolute Gasteiger partial charge is 0.0622 e. The first-order valence-corrected chi connectivity index (χ1v) is 8.84. The van der Waals surface area contributed by atoms with Gasteiger partial charge in [0.25, 0.3) is 0 Å². The Morgan fingerprint density at radius 1 is 0.640 bits per heavy atom. The van der Waals surface area contributed by atoms with Gasteiger partial charge >= 0.3 is 0 Å². The lowest BCUT2D eigenvalue weighted by atomic mass is 9.89. The fraction of sp³-hybridized carbons (Fsp3) is 0.120.